The number of aromatic nitrogens is 1. The van der Waals surface area contributed by atoms with Crippen LogP contribution in [-0.4, -0.2) is 31.2 Å². The molecule has 3 rings (SSSR count). The van der Waals surface area contributed by atoms with Crippen LogP contribution in [0.4, 0.5) is 0 Å². The van der Waals surface area contributed by atoms with Crippen LogP contribution in [0.1, 0.15) is 11.1 Å². The van der Waals surface area contributed by atoms with Crippen molar-refractivity contribution >= 4 is 12.0 Å². The number of methoxy groups -OCH3 is 1. The normalized spacial score (nSPS) is 10.6. The summed E-state index contributed by atoms with van der Waals surface area (Å²) in [7, 11) is 1.61. The molecule has 0 unspecified atom stereocenters. The molecule has 0 saturated heterocycles. The van der Waals surface area contributed by atoms with Crippen molar-refractivity contribution in [1.82, 2.24) is 10.3 Å². The van der Waals surface area contributed by atoms with Crippen LogP contribution in [0.3, 0.4) is 0 Å². The van der Waals surface area contributed by atoms with E-state index in [1.54, 1.807) is 25.4 Å². The van der Waals surface area contributed by atoms with E-state index in [-0.39, 0.29) is 5.91 Å². The maximum Gasteiger partial charge on any atom is 0.244 e. The molecule has 0 aliphatic heterocycles. The smallest absolute Gasteiger partial charge is 0.244 e. The molecule has 1 N–H and O–H groups in total. The fourth-order valence-corrected chi connectivity index (χ4v) is 2.59. The number of ether oxygens (including phenoxy) is 3. The third-order valence-electron chi connectivity index (χ3n) is 4.13. The molecule has 0 radical (unpaired) electrons. The first kappa shape index (κ1) is 20.9. The highest BCUT2D eigenvalue weighted by atomic mass is 16.5. The average molecular weight is 404 g/mol. The van der Waals surface area contributed by atoms with Crippen molar-refractivity contribution in [1.29, 1.82) is 0 Å². The summed E-state index contributed by atoms with van der Waals surface area (Å²) in [6.45, 7) is 1.21. The molecule has 0 fully saturated rings. The first-order valence-electron chi connectivity index (χ1n) is 9.58. The van der Waals surface area contributed by atoms with E-state index >= 15 is 0 Å². The number of nitrogens with one attached hydrogen (secondary N) is 1. The minimum atomic E-state index is -0.184. The largest absolute Gasteiger partial charge is 0.497 e. The molecule has 1 heterocycles. The molecule has 1 amide bonds. The van der Waals surface area contributed by atoms with E-state index in [1.165, 1.54) is 6.08 Å². The molecule has 6 nitrogen and oxygen atoms in total. The van der Waals surface area contributed by atoms with Crippen molar-refractivity contribution in [2.45, 2.75) is 6.54 Å². The minimum Gasteiger partial charge on any atom is -0.497 e. The van der Waals surface area contributed by atoms with Crippen LogP contribution in [0.15, 0.2) is 79.0 Å². The average Bonchev–Trinajstić information content (AvgIpc) is 2.80. The van der Waals surface area contributed by atoms with Crippen LogP contribution in [0.25, 0.3) is 6.08 Å². The van der Waals surface area contributed by atoms with Crippen molar-refractivity contribution < 1.29 is 19.0 Å². The second-order valence-corrected chi connectivity index (χ2v) is 6.34. The van der Waals surface area contributed by atoms with Crippen LogP contribution < -0.4 is 19.5 Å². The molecular weight excluding hydrogens is 380 g/mol. The Morgan fingerprint density at radius 1 is 0.967 bits per heavy atom. The molecule has 0 atom stereocenters. The Bertz CT molecular complexity index is 956. The fourth-order valence-electron chi connectivity index (χ4n) is 2.59. The van der Waals surface area contributed by atoms with Gasteiger partial charge in [0.2, 0.25) is 11.8 Å². The monoisotopic (exact) mass is 404 g/mol. The molecule has 0 aliphatic rings. The van der Waals surface area contributed by atoms with Crippen molar-refractivity contribution in [2.24, 2.45) is 0 Å². The Balaban J connectivity index is 1.38. The standard InChI is InChI=1S/C24H24N2O4/c1-28-22-9-5-6-19(16-22)10-12-23(27)25-17-20-11-13-24(26-18-20)30-15-14-29-21-7-3-2-4-8-21/h2-13,16,18H,14-15,17H2,1H3,(H,25,27)/b12-10+. The summed E-state index contributed by atoms with van der Waals surface area (Å²) in [5, 5.41) is 2.83. The zero-order valence-corrected chi connectivity index (χ0v) is 16.8. The number of pyridine rings is 1. The van der Waals surface area contributed by atoms with Gasteiger partial charge in [-0.2, -0.15) is 0 Å². The number of hydrogen-bond donors (Lipinski definition) is 1. The zero-order chi connectivity index (χ0) is 21.0. The molecule has 30 heavy (non-hydrogen) atoms. The van der Waals surface area contributed by atoms with Crippen molar-refractivity contribution in [3.05, 3.63) is 90.1 Å². The number of amides is 1. The van der Waals surface area contributed by atoms with E-state index in [0.29, 0.717) is 25.6 Å². The Morgan fingerprint density at radius 3 is 2.53 bits per heavy atom. The SMILES string of the molecule is COc1cccc(/C=C/C(=O)NCc2ccc(OCCOc3ccccc3)nc2)c1. The molecule has 0 spiro atoms. The summed E-state index contributed by atoms with van der Waals surface area (Å²) in [4.78, 5) is 16.3. The van der Waals surface area contributed by atoms with Gasteiger partial charge >= 0.3 is 0 Å². The predicted octanol–water partition coefficient (Wildman–Crippen LogP) is 3.88. The van der Waals surface area contributed by atoms with Crippen molar-refractivity contribution in [3.8, 4) is 17.4 Å². The lowest BCUT2D eigenvalue weighted by Gasteiger charge is -2.08. The van der Waals surface area contributed by atoms with E-state index in [4.69, 9.17) is 14.2 Å². The number of para-hydroxylation sites is 1. The number of benzene rings is 2. The topological polar surface area (TPSA) is 69.7 Å². The summed E-state index contributed by atoms with van der Waals surface area (Å²) in [6, 6.07) is 20.7. The summed E-state index contributed by atoms with van der Waals surface area (Å²) in [5.74, 6) is 1.88. The molecule has 0 saturated carbocycles. The number of rotatable bonds is 10. The number of hydrogen-bond acceptors (Lipinski definition) is 5. The molecular formula is C24H24N2O4. The zero-order valence-electron chi connectivity index (χ0n) is 16.8. The van der Waals surface area contributed by atoms with E-state index in [1.807, 2.05) is 60.7 Å². The third-order valence-corrected chi connectivity index (χ3v) is 4.13. The molecule has 6 heteroatoms. The molecule has 0 bridgehead atoms. The Morgan fingerprint density at radius 2 is 1.77 bits per heavy atom. The molecule has 1 aromatic heterocycles. The Labute approximate surface area is 176 Å². The maximum absolute atomic E-state index is 12.0. The van der Waals surface area contributed by atoms with Gasteiger partial charge < -0.3 is 19.5 Å². The van der Waals surface area contributed by atoms with E-state index in [9.17, 15) is 4.79 Å². The van der Waals surface area contributed by atoms with Gasteiger partial charge in [0.1, 0.15) is 24.7 Å². The summed E-state index contributed by atoms with van der Waals surface area (Å²) in [6.07, 6.45) is 4.91. The van der Waals surface area contributed by atoms with Crippen molar-refractivity contribution in [3.63, 3.8) is 0 Å². The molecule has 154 valence electrons. The lowest BCUT2D eigenvalue weighted by Crippen LogP contribution is -2.20. The summed E-state index contributed by atoms with van der Waals surface area (Å²) < 4.78 is 16.3. The van der Waals surface area contributed by atoms with Gasteiger partial charge in [-0.1, -0.05) is 36.4 Å². The van der Waals surface area contributed by atoms with Gasteiger partial charge in [-0.05, 0) is 41.5 Å². The molecule has 0 aliphatic carbocycles. The maximum atomic E-state index is 12.0. The van der Waals surface area contributed by atoms with Crippen molar-refractivity contribution in [2.75, 3.05) is 20.3 Å². The minimum absolute atomic E-state index is 0.184. The van der Waals surface area contributed by atoms with Crippen LogP contribution in [0.5, 0.6) is 17.4 Å². The summed E-state index contributed by atoms with van der Waals surface area (Å²) >= 11 is 0. The van der Waals surface area contributed by atoms with Crippen LogP contribution in [-0.2, 0) is 11.3 Å². The highest BCUT2D eigenvalue weighted by molar-refractivity contribution is 5.91. The van der Waals surface area contributed by atoms with Crippen LogP contribution >= 0.6 is 0 Å². The van der Waals surface area contributed by atoms with Gasteiger partial charge in [-0.3, -0.25) is 4.79 Å². The van der Waals surface area contributed by atoms with Crippen LogP contribution in [0, 0.1) is 0 Å². The quantitative estimate of drug-likeness (QED) is 0.410. The first-order chi connectivity index (χ1) is 14.7. The van der Waals surface area contributed by atoms with Gasteiger partial charge in [0.05, 0.1) is 7.11 Å². The lowest BCUT2D eigenvalue weighted by atomic mass is 10.2. The van der Waals surface area contributed by atoms with Gasteiger partial charge in [0, 0.05) is 24.9 Å². The highest BCUT2D eigenvalue weighted by Gasteiger charge is 2.01. The van der Waals surface area contributed by atoms with E-state index in [0.717, 1.165) is 22.6 Å². The summed E-state index contributed by atoms with van der Waals surface area (Å²) in [5.41, 5.74) is 1.77. The number of carbonyl (C=O) groups is 1. The van der Waals surface area contributed by atoms with E-state index in [2.05, 4.69) is 10.3 Å². The van der Waals surface area contributed by atoms with Gasteiger partial charge in [0.25, 0.3) is 0 Å². The third kappa shape index (κ3) is 6.98. The Hall–Kier alpha value is -3.80. The van der Waals surface area contributed by atoms with Gasteiger partial charge in [-0.25, -0.2) is 4.98 Å². The van der Waals surface area contributed by atoms with Crippen LogP contribution in [0.2, 0.25) is 0 Å². The second-order valence-electron chi connectivity index (χ2n) is 6.34. The predicted molar refractivity (Wildman–Crippen MR) is 116 cm³/mol. The number of carbonyl (C=O) groups excluding carboxylic acids is 1. The van der Waals surface area contributed by atoms with E-state index < -0.39 is 0 Å². The Kier molecular flexibility index (Phi) is 7.85. The van der Waals surface area contributed by atoms with Gasteiger partial charge in [-0.15, -0.1) is 0 Å². The first-order valence-corrected chi connectivity index (χ1v) is 9.58. The van der Waals surface area contributed by atoms with Gasteiger partial charge in [0.15, 0.2) is 0 Å². The molecule has 3 aromatic rings. The molecule has 2 aromatic carbocycles. The fraction of sp³-hybridized carbons (Fsp3) is 0.167. The second kappa shape index (κ2) is 11.3. The number of nitrogens with zero attached hydrogens (tertiary/aromatic N) is 1. The highest BCUT2D eigenvalue weighted by Crippen LogP contribution is 2.13. The lowest BCUT2D eigenvalue weighted by molar-refractivity contribution is -0.116.